The van der Waals surface area contributed by atoms with Crippen molar-refractivity contribution in [2.24, 2.45) is 0 Å². The van der Waals surface area contributed by atoms with E-state index in [1.807, 2.05) is 23.5 Å². The lowest BCUT2D eigenvalue weighted by Crippen LogP contribution is -2.44. The number of benzene rings is 4. The second-order valence-electron chi connectivity index (χ2n) is 15.7. The third-order valence-corrected chi connectivity index (χ3v) is 13.2. The van der Waals surface area contributed by atoms with Gasteiger partial charge in [0.05, 0.1) is 0 Å². The summed E-state index contributed by atoms with van der Waals surface area (Å²) in [6.07, 6.45) is 8.50. The molecule has 0 amide bonds. The van der Waals surface area contributed by atoms with E-state index in [1.165, 1.54) is 153 Å². The second-order valence-corrected chi connectivity index (χ2v) is 18.0. The summed E-state index contributed by atoms with van der Waals surface area (Å²) in [5.74, 6) is 0. The average Bonchev–Trinajstić information content (AvgIpc) is 3.23. The largest absolute Gasteiger partial charge is 0.385 e. The minimum Gasteiger partial charge on any atom is -0.385 e. The van der Waals surface area contributed by atoms with Crippen LogP contribution in [0.15, 0.2) is 117 Å². The average molecular weight is 809 g/mol. The Hall–Kier alpha value is -3.38. The normalized spacial score (nSPS) is 15.8. The number of rotatable bonds is 24. The van der Waals surface area contributed by atoms with Gasteiger partial charge in [0.2, 0.25) is 0 Å². The summed E-state index contributed by atoms with van der Waals surface area (Å²) < 4.78 is 0. The minimum atomic E-state index is 1.00. The number of nitrogens with zero attached hydrogens (tertiary/aromatic N) is 4. The fourth-order valence-corrected chi connectivity index (χ4v) is 9.40. The molecule has 2 aliphatic rings. The van der Waals surface area contributed by atoms with Crippen molar-refractivity contribution in [1.82, 2.24) is 19.6 Å². The van der Waals surface area contributed by atoms with Crippen LogP contribution in [0.2, 0.25) is 0 Å². The molecule has 0 aliphatic carbocycles. The van der Waals surface area contributed by atoms with Crippen LogP contribution in [0.1, 0.15) is 44.9 Å². The Morgan fingerprint density at radius 2 is 0.825 bits per heavy atom. The molecule has 0 bridgehead atoms. The molecule has 0 spiro atoms. The van der Waals surface area contributed by atoms with Crippen LogP contribution in [0.4, 0.5) is 22.7 Å². The van der Waals surface area contributed by atoms with E-state index in [2.05, 4.69) is 152 Å². The minimum absolute atomic E-state index is 1.00. The fourth-order valence-electron chi connectivity index (χ4n) is 7.44. The number of hydrogen-bond acceptors (Lipinski definition) is 10. The predicted octanol–water partition coefficient (Wildman–Crippen LogP) is 9.56. The van der Waals surface area contributed by atoms with E-state index in [1.54, 1.807) is 0 Å². The number of anilines is 4. The molecule has 0 unspecified atom stereocenters. The van der Waals surface area contributed by atoms with E-state index in [0.29, 0.717) is 0 Å². The summed E-state index contributed by atoms with van der Waals surface area (Å²) in [5.41, 5.74) is 4.88. The molecule has 0 saturated carbocycles. The smallest absolute Gasteiger partial charge is 0.0482 e. The van der Waals surface area contributed by atoms with Crippen molar-refractivity contribution in [3.8, 4) is 0 Å². The molecule has 57 heavy (non-hydrogen) atoms. The lowest BCUT2D eigenvalue weighted by Gasteiger charge is -2.32. The van der Waals surface area contributed by atoms with Crippen molar-refractivity contribution in [2.75, 3.05) is 127 Å². The van der Waals surface area contributed by atoms with E-state index in [-0.39, 0.29) is 0 Å². The zero-order valence-corrected chi connectivity index (χ0v) is 36.3. The van der Waals surface area contributed by atoms with E-state index in [0.717, 1.165) is 26.2 Å². The SMILES string of the molecule is CN1CCN(CCCNc2ccccc2Sc2cccc(NCCCCCCCNc3cccc(Sc4ccccc4NCCCN4CCN(C)CC4)c3)c2)CC1. The third kappa shape index (κ3) is 15.7. The van der Waals surface area contributed by atoms with Gasteiger partial charge in [-0.25, -0.2) is 0 Å². The Labute approximate surface area is 352 Å². The first-order chi connectivity index (χ1) is 28.1. The first-order valence-electron chi connectivity index (χ1n) is 21.6. The maximum absolute atomic E-state index is 3.72. The summed E-state index contributed by atoms with van der Waals surface area (Å²) in [6, 6.07) is 35.2. The van der Waals surface area contributed by atoms with Gasteiger partial charge in [0, 0.05) is 121 Å². The molecule has 0 atom stereocenters. The molecule has 4 aromatic carbocycles. The summed E-state index contributed by atoms with van der Waals surface area (Å²) in [7, 11) is 4.44. The lowest BCUT2D eigenvalue weighted by molar-refractivity contribution is 0.154. The molecule has 2 fully saturated rings. The van der Waals surface area contributed by atoms with Gasteiger partial charge in [-0.05, 0) is 114 Å². The molecule has 6 rings (SSSR count). The van der Waals surface area contributed by atoms with Crippen molar-refractivity contribution in [2.45, 2.75) is 64.5 Å². The standard InChI is InChI=1S/C47H68N8S2/c1-52-30-34-54(35-31-52)28-14-26-50-44-20-6-8-22-46(44)56-42-18-12-16-40(38-42)48-24-10-4-3-5-11-25-49-41-17-13-19-43(39-41)57-47-23-9-7-21-45(47)51-27-15-29-55-36-32-53(2)33-37-55/h6-9,12-13,16-23,38-39,48-51H,3-5,10-11,14-15,24-37H2,1-2H3. The van der Waals surface area contributed by atoms with Gasteiger partial charge < -0.3 is 40.9 Å². The lowest BCUT2D eigenvalue weighted by atomic mass is 10.1. The number of hydrogen-bond donors (Lipinski definition) is 4. The van der Waals surface area contributed by atoms with Crippen molar-refractivity contribution in [3.05, 3.63) is 97.1 Å². The quantitative estimate of drug-likeness (QED) is 0.0516. The highest BCUT2D eigenvalue weighted by atomic mass is 32.2. The zero-order chi connectivity index (χ0) is 39.3. The van der Waals surface area contributed by atoms with Gasteiger partial charge in [0.15, 0.2) is 0 Å². The number of likely N-dealkylation sites (N-methyl/N-ethyl adjacent to an activating group) is 2. The maximum Gasteiger partial charge on any atom is 0.0482 e. The van der Waals surface area contributed by atoms with Crippen molar-refractivity contribution < 1.29 is 0 Å². The van der Waals surface area contributed by atoms with Crippen molar-refractivity contribution in [1.29, 1.82) is 0 Å². The number of para-hydroxylation sites is 2. The highest BCUT2D eigenvalue weighted by Gasteiger charge is 2.14. The second kappa shape index (κ2) is 24.5. The number of piperazine rings is 2. The summed E-state index contributed by atoms with van der Waals surface area (Å²) in [6.45, 7) is 15.9. The Kier molecular flexibility index (Phi) is 18.6. The van der Waals surface area contributed by atoms with E-state index in [9.17, 15) is 0 Å². The number of nitrogens with one attached hydrogen (secondary N) is 4. The summed E-state index contributed by atoms with van der Waals surface area (Å²) >= 11 is 3.69. The molecule has 8 nitrogen and oxygen atoms in total. The molecular weight excluding hydrogens is 741 g/mol. The molecule has 0 aromatic heterocycles. The van der Waals surface area contributed by atoms with Crippen molar-refractivity contribution >= 4 is 46.3 Å². The maximum atomic E-state index is 3.72. The molecule has 2 heterocycles. The Balaban J connectivity index is 0.821. The Morgan fingerprint density at radius 3 is 1.28 bits per heavy atom. The predicted molar refractivity (Wildman–Crippen MR) is 248 cm³/mol. The summed E-state index contributed by atoms with van der Waals surface area (Å²) in [5, 5.41) is 14.8. The summed E-state index contributed by atoms with van der Waals surface area (Å²) in [4.78, 5) is 15.1. The molecule has 2 saturated heterocycles. The van der Waals surface area contributed by atoms with E-state index in [4.69, 9.17) is 0 Å². The van der Waals surface area contributed by atoms with Gasteiger partial charge in [-0.3, -0.25) is 0 Å². The van der Waals surface area contributed by atoms with Crippen LogP contribution in [-0.2, 0) is 0 Å². The van der Waals surface area contributed by atoms with Crippen LogP contribution in [0, 0.1) is 0 Å². The van der Waals surface area contributed by atoms with Crippen LogP contribution in [0.25, 0.3) is 0 Å². The van der Waals surface area contributed by atoms with Gasteiger partial charge in [0.25, 0.3) is 0 Å². The van der Waals surface area contributed by atoms with E-state index < -0.39 is 0 Å². The third-order valence-electron chi connectivity index (χ3n) is 11.0. The van der Waals surface area contributed by atoms with Gasteiger partial charge >= 0.3 is 0 Å². The van der Waals surface area contributed by atoms with Crippen LogP contribution in [-0.4, -0.2) is 125 Å². The Morgan fingerprint density at radius 1 is 0.421 bits per heavy atom. The van der Waals surface area contributed by atoms with Gasteiger partial charge in [0.1, 0.15) is 0 Å². The molecule has 2 aliphatic heterocycles. The van der Waals surface area contributed by atoms with Crippen LogP contribution in [0.3, 0.4) is 0 Å². The number of unbranched alkanes of at least 4 members (excludes halogenated alkanes) is 4. The molecule has 10 heteroatoms. The Bertz CT molecular complexity index is 1600. The van der Waals surface area contributed by atoms with Crippen LogP contribution >= 0.6 is 23.5 Å². The molecule has 0 radical (unpaired) electrons. The van der Waals surface area contributed by atoms with Crippen LogP contribution in [0.5, 0.6) is 0 Å². The van der Waals surface area contributed by atoms with Gasteiger partial charge in [-0.15, -0.1) is 0 Å². The molecule has 4 N–H and O–H groups in total. The molecule has 308 valence electrons. The highest BCUT2D eigenvalue weighted by Crippen LogP contribution is 2.36. The first-order valence-corrected chi connectivity index (χ1v) is 23.2. The highest BCUT2D eigenvalue weighted by molar-refractivity contribution is 7.99. The fraction of sp³-hybridized carbons (Fsp3) is 0.489. The van der Waals surface area contributed by atoms with Gasteiger partial charge in [-0.2, -0.15) is 0 Å². The van der Waals surface area contributed by atoms with Crippen LogP contribution < -0.4 is 21.3 Å². The van der Waals surface area contributed by atoms with E-state index >= 15 is 0 Å². The van der Waals surface area contributed by atoms with Gasteiger partial charge in [-0.1, -0.05) is 79.2 Å². The topological polar surface area (TPSA) is 61.1 Å². The van der Waals surface area contributed by atoms with Crippen molar-refractivity contribution in [3.63, 3.8) is 0 Å². The first kappa shape index (κ1) is 43.2. The monoisotopic (exact) mass is 809 g/mol. The zero-order valence-electron chi connectivity index (χ0n) is 34.7. The molecule has 4 aromatic rings. The molecular formula is C47H68N8S2.